The summed E-state index contributed by atoms with van der Waals surface area (Å²) in [6, 6.07) is 7.81. The largest absolute Gasteiger partial charge is 0.316 e. The Morgan fingerprint density at radius 2 is 2.27 bits per heavy atom. The van der Waals surface area contributed by atoms with Crippen LogP contribution in [0.2, 0.25) is 0 Å². The van der Waals surface area contributed by atoms with E-state index in [0.29, 0.717) is 28.7 Å². The number of nitrogens with one attached hydrogen (secondary N) is 1. The molecule has 26 heavy (non-hydrogen) atoms. The summed E-state index contributed by atoms with van der Waals surface area (Å²) in [5.41, 5.74) is 0.474. The monoisotopic (exact) mass is 401 g/mol. The SMILES string of the molecule is C=CCn1c(Cc2cccs2)nnc1SCC(=O)Nc1sccc1C#N. The number of hydrogen-bond acceptors (Lipinski definition) is 7. The van der Waals surface area contributed by atoms with Gasteiger partial charge in [-0.2, -0.15) is 5.26 Å². The molecule has 0 spiro atoms. The van der Waals surface area contributed by atoms with Gasteiger partial charge in [0.25, 0.3) is 0 Å². The Morgan fingerprint density at radius 1 is 1.38 bits per heavy atom. The predicted octanol–water partition coefficient (Wildman–Crippen LogP) is 3.78. The number of anilines is 1. The van der Waals surface area contributed by atoms with Gasteiger partial charge in [-0.15, -0.1) is 39.4 Å². The van der Waals surface area contributed by atoms with Crippen LogP contribution in [0.4, 0.5) is 5.00 Å². The summed E-state index contributed by atoms with van der Waals surface area (Å²) < 4.78 is 1.97. The molecule has 3 aromatic heterocycles. The van der Waals surface area contributed by atoms with Gasteiger partial charge in [0.2, 0.25) is 5.91 Å². The molecule has 0 atom stereocenters. The Hall–Kier alpha value is -2.41. The Morgan fingerprint density at radius 3 is 3.00 bits per heavy atom. The first kappa shape index (κ1) is 18.4. The molecule has 132 valence electrons. The molecule has 1 N–H and O–H groups in total. The summed E-state index contributed by atoms with van der Waals surface area (Å²) in [7, 11) is 0. The number of thioether (sulfide) groups is 1. The van der Waals surface area contributed by atoms with E-state index in [-0.39, 0.29) is 11.7 Å². The second-order valence-corrected chi connectivity index (χ2v) is 8.06. The molecule has 0 fully saturated rings. The molecule has 0 unspecified atom stereocenters. The molecule has 0 aliphatic heterocycles. The van der Waals surface area contributed by atoms with E-state index in [1.54, 1.807) is 28.9 Å². The average Bonchev–Trinajstić information content (AvgIpc) is 3.37. The maximum atomic E-state index is 12.2. The molecule has 3 heterocycles. The van der Waals surface area contributed by atoms with Gasteiger partial charge >= 0.3 is 0 Å². The highest BCUT2D eigenvalue weighted by atomic mass is 32.2. The fourth-order valence-corrected chi connectivity index (χ4v) is 4.45. The maximum absolute atomic E-state index is 12.2. The number of carbonyl (C=O) groups is 1. The summed E-state index contributed by atoms with van der Waals surface area (Å²) >= 11 is 4.33. The van der Waals surface area contributed by atoms with Crippen LogP contribution in [0.15, 0.2) is 46.8 Å². The van der Waals surface area contributed by atoms with Crippen LogP contribution in [-0.4, -0.2) is 26.4 Å². The fourth-order valence-electron chi connectivity index (χ4n) is 2.22. The van der Waals surface area contributed by atoms with Crippen molar-refractivity contribution in [3.8, 4) is 6.07 Å². The second-order valence-electron chi connectivity index (χ2n) is 5.17. The second kappa shape index (κ2) is 8.80. The number of amides is 1. The lowest BCUT2D eigenvalue weighted by Crippen LogP contribution is -2.14. The average molecular weight is 402 g/mol. The van der Waals surface area contributed by atoms with Crippen molar-refractivity contribution in [2.45, 2.75) is 18.1 Å². The Balaban J connectivity index is 1.65. The Labute approximate surface area is 163 Å². The summed E-state index contributed by atoms with van der Waals surface area (Å²) in [5, 5.41) is 25.3. The van der Waals surface area contributed by atoms with Crippen LogP contribution >= 0.6 is 34.4 Å². The van der Waals surface area contributed by atoms with Gasteiger partial charge in [0.15, 0.2) is 5.16 Å². The number of rotatable bonds is 8. The quantitative estimate of drug-likeness (QED) is 0.459. The molecule has 3 rings (SSSR count). The van der Waals surface area contributed by atoms with E-state index >= 15 is 0 Å². The van der Waals surface area contributed by atoms with Crippen molar-refractivity contribution >= 4 is 45.3 Å². The van der Waals surface area contributed by atoms with Crippen molar-refractivity contribution in [1.29, 1.82) is 5.26 Å². The van der Waals surface area contributed by atoms with E-state index in [0.717, 1.165) is 5.82 Å². The number of aromatic nitrogens is 3. The Kier molecular flexibility index (Phi) is 6.22. The molecule has 0 saturated heterocycles. The van der Waals surface area contributed by atoms with Crippen LogP contribution in [0, 0.1) is 11.3 Å². The smallest absolute Gasteiger partial charge is 0.235 e. The summed E-state index contributed by atoms with van der Waals surface area (Å²) in [4.78, 5) is 13.4. The van der Waals surface area contributed by atoms with Gasteiger partial charge in [-0.3, -0.25) is 4.79 Å². The van der Waals surface area contributed by atoms with E-state index in [1.807, 2.05) is 16.0 Å². The van der Waals surface area contributed by atoms with Crippen LogP contribution < -0.4 is 5.32 Å². The van der Waals surface area contributed by atoms with E-state index in [4.69, 9.17) is 5.26 Å². The molecule has 6 nitrogen and oxygen atoms in total. The van der Waals surface area contributed by atoms with E-state index in [1.165, 1.54) is 28.0 Å². The van der Waals surface area contributed by atoms with Gasteiger partial charge < -0.3 is 9.88 Å². The number of hydrogen-bond donors (Lipinski definition) is 1. The number of nitrogens with zero attached hydrogens (tertiary/aromatic N) is 4. The molecular weight excluding hydrogens is 386 g/mol. The van der Waals surface area contributed by atoms with E-state index in [9.17, 15) is 4.79 Å². The third kappa shape index (κ3) is 4.40. The van der Waals surface area contributed by atoms with Crippen LogP contribution in [0.3, 0.4) is 0 Å². The molecule has 0 aliphatic rings. The molecule has 0 bridgehead atoms. The minimum absolute atomic E-state index is 0.179. The lowest BCUT2D eigenvalue weighted by Gasteiger charge is -2.07. The molecular formula is C17H15N5OS3. The van der Waals surface area contributed by atoms with Gasteiger partial charge in [-0.1, -0.05) is 23.9 Å². The zero-order valence-electron chi connectivity index (χ0n) is 13.7. The zero-order valence-corrected chi connectivity index (χ0v) is 16.2. The van der Waals surface area contributed by atoms with Crippen LogP contribution in [-0.2, 0) is 17.8 Å². The summed E-state index contributed by atoms with van der Waals surface area (Å²) in [6.07, 6.45) is 2.49. The molecule has 0 aromatic carbocycles. The normalized spacial score (nSPS) is 10.4. The van der Waals surface area contributed by atoms with Crippen molar-refractivity contribution in [2.75, 3.05) is 11.1 Å². The van der Waals surface area contributed by atoms with Gasteiger partial charge in [-0.05, 0) is 22.9 Å². The van der Waals surface area contributed by atoms with Crippen LogP contribution in [0.25, 0.3) is 0 Å². The van der Waals surface area contributed by atoms with Crippen molar-refractivity contribution in [2.24, 2.45) is 0 Å². The van der Waals surface area contributed by atoms with Crippen LogP contribution in [0.1, 0.15) is 16.3 Å². The van der Waals surface area contributed by atoms with Crippen molar-refractivity contribution in [3.63, 3.8) is 0 Å². The molecule has 0 saturated carbocycles. The lowest BCUT2D eigenvalue weighted by atomic mass is 10.3. The number of carbonyl (C=O) groups excluding carboxylic acids is 1. The first-order valence-electron chi connectivity index (χ1n) is 7.67. The number of nitriles is 1. The third-order valence-corrected chi connectivity index (χ3v) is 6.06. The zero-order chi connectivity index (χ0) is 18.4. The predicted molar refractivity (Wildman–Crippen MR) is 106 cm³/mol. The van der Waals surface area contributed by atoms with Gasteiger partial charge in [0.05, 0.1) is 11.3 Å². The van der Waals surface area contributed by atoms with Gasteiger partial charge in [-0.25, -0.2) is 0 Å². The molecule has 9 heteroatoms. The summed E-state index contributed by atoms with van der Waals surface area (Å²) in [6.45, 7) is 4.37. The number of thiophene rings is 2. The topological polar surface area (TPSA) is 83.6 Å². The van der Waals surface area contributed by atoms with Gasteiger partial charge in [0.1, 0.15) is 16.9 Å². The van der Waals surface area contributed by atoms with Crippen molar-refractivity contribution in [3.05, 3.63) is 57.9 Å². The van der Waals surface area contributed by atoms with E-state index in [2.05, 4.69) is 34.2 Å². The first-order valence-corrected chi connectivity index (χ1v) is 10.4. The highest BCUT2D eigenvalue weighted by Crippen LogP contribution is 2.24. The molecule has 0 radical (unpaired) electrons. The van der Waals surface area contributed by atoms with Crippen molar-refractivity contribution in [1.82, 2.24) is 14.8 Å². The minimum atomic E-state index is -0.179. The van der Waals surface area contributed by atoms with Crippen LogP contribution in [0.5, 0.6) is 0 Å². The van der Waals surface area contributed by atoms with Crippen molar-refractivity contribution < 1.29 is 4.79 Å². The van der Waals surface area contributed by atoms with Gasteiger partial charge in [0, 0.05) is 17.8 Å². The molecule has 1 amide bonds. The molecule has 0 aliphatic carbocycles. The Bertz CT molecular complexity index is 936. The lowest BCUT2D eigenvalue weighted by molar-refractivity contribution is -0.113. The third-order valence-electron chi connectivity index (χ3n) is 3.39. The van der Waals surface area contributed by atoms with E-state index < -0.39 is 0 Å². The molecule has 3 aromatic rings. The highest BCUT2D eigenvalue weighted by molar-refractivity contribution is 7.99. The fraction of sp³-hybridized carbons (Fsp3) is 0.176. The summed E-state index contributed by atoms with van der Waals surface area (Å²) in [5.74, 6) is 0.860. The highest BCUT2D eigenvalue weighted by Gasteiger charge is 2.15. The number of allylic oxidation sites excluding steroid dienone is 1. The maximum Gasteiger partial charge on any atom is 0.235 e. The minimum Gasteiger partial charge on any atom is -0.316 e. The standard InChI is InChI=1S/C17H15N5OS3/c1-2-6-22-14(9-13-4-3-7-24-13)20-21-17(22)26-11-15(23)19-16-12(10-18)5-8-25-16/h2-5,7-8H,1,6,9,11H2,(H,19,23). The first-order chi connectivity index (χ1) is 12.7.